The summed E-state index contributed by atoms with van der Waals surface area (Å²) in [6.45, 7) is 1.84. The summed E-state index contributed by atoms with van der Waals surface area (Å²) in [5.74, 6) is -0.255. The Morgan fingerprint density at radius 1 is 1.47 bits per heavy atom. The number of aromatic nitrogens is 1. The normalized spacial score (nSPS) is 16.4. The number of benzene rings is 1. The lowest BCUT2D eigenvalue weighted by atomic mass is 10.1. The molecule has 5 heteroatoms. The number of nitrogens with zero attached hydrogens (tertiary/aromatic N) is 1. The SMILES string of the molecule is NCc1cn(C2COC2)c2cc(Br)c(F)cc12. The molecule has 2 aromatic rings. The second kappa shape index (κ2) is 4.08. The highest BCUT2D eigenvalue weighted by Crippen LogP contribution is 2.31. The summed E-state index contributed by atoms with van der Waals surface area (Å²) in [4.78, 5) is 0. The van der Waals surface area contributed by atoms with Crippen LogP contribution < -0.4 is 5.73 Å². The van der Waals surface area contributed by atoms with Gasteiger partial charge in [-0.2, -0.15) is 0 Å². The van der Waals surface area contributed by atoms with Crippen LogP contribution in [0, 0.1) is 5.82 Å². The van der Waals surface area contributed by atoms with Gasteiger partial charge in [0.15, 0.2) is 0 Å². The number of ether oxygens (including phenoxy) is 1. The number of halogens is 2. The molecule has 90 valence electrons. The van der Waals surface area contributed by atoms with E-state index in [0.717, 1.165) is 16.5 Å². The summed E-state index contributed by atoms with van der Waals surface area (Å²) in [6, 6.07) is 3.69. The first-order chi connectivity index (χ1) is 8.20. The molecule has 0 saturated carbocycles. The van der Waals surface area contributed by atoms with Gasteiger partial charge in [0.25, 0.3) is 0 Å². The molecule has 17 heavy (non-hydrogen) atoms. The van der Waals surface area contributed by atoms with Crippen molar-refractivity contribution in [1.29, 1.82) is 0 Å². The summed E-state index contributed by atoms with van der Waals surface area (Å²) < 4.78 is 21.4. The first-order valence-electron chi connectivity index (χ1n) is 5.47. The highest BCUT2D eigenvalue weighted by atomic mass is 79.9. The molecule has 1 aromatic carbocycles. The lowest BCUT2D eigenvalue weighted by Crippen LogP contribution is -2.30. The monoisotopic (exact) mass is 298 g/mol. The van der Waals surface area contributed by atoms with Gasteiger partial charge >= 0.3 is 0 Å². The highest BCUT2D eigenvalue weighted by Gasteiger charge is 2.23. The lowest BCUT2D eigenvalue weighted by molar-refractivity contribution is -0.0214. The van der Waals surface area contributed by atoms with Crippen molar-refractivity contribution in [3.63, 3.8) is 0 Å². The first kappa shape index (κ1) is 11.2. The topological polar surface area (TPSA) is 40.2 Å². The van der Waals surface area contributed by atoms with Crippen molar-refractivity contribution in [2.45, 2.75) is 12.6 Å². The molecule has 1 fully saturated rings. The molecule has 0 amide bonds. The fourth-order valence-electron chi connectivity index (χ4n) is 2.16. The van der Waals surface area contributed by atoms with Gasteiger partial charge in [0.1, 0.15) is 5.82 Å². The molecule has 0 aliphatic carbocycles. The Bertz CT molecular complexity index is 577. The van der Waals surface area contributed by atoms with Gasteiger partial charge in [0.2, 0.25) is 0 Å². The van der Waals surface area contributed by atoms with E-state index >= 15 is 0 Å². The number of hydrogen-bond acceptors (Lipinski definition) is 2. The van der Waals surface area contributed by atoms with Crippen LogP contribution in [0.5, 0.6) is 0 Å². The standard InChI is InChI=1S/C12H12BrFN2O/c13-10-2-12-9(1-11(10)14)7(3-15)4-16(12)8-5-17-6-8/h1-2,4,8H,3,5-6,15H2. The smallest absolute Gasteiger partial charge is 0.138 e. The fourth-order valence-corrected chi connectivity index (χ4v) is 2.49. The Morgan fingerprint density at radius 3 is 2.82 bits per heavy atom. The molecule has 1 saturated heterocycles. The van der Waals surface area contributed by atoms with Crippen LogP contribution in [0.15, 0.2) is 22.8 Å². The molecule has 1 aliphatic heterocycles. The molecule has 2 heterocycles. The molecule has 1 aliphatic rings. The quantitative estimate of drug-likeness (QED) is 0.926. The van der Waals surface area contributed by atoms with Crippen LogP contribution in [-0.4, -0.2) is 17.8 Å². The summed E-state index contributed by atoms with van der Waals surface area (Å²) in [5.41, 5.74) is 7.68. The van der Waals surface area contributed by atoms with Gasteiger partial charge in [-0.1, -0.05) is 0 Å². The minimum atomic E-state index is -0.255. The summed E-state index contributed by atoms with van der Waals surface area (Å²) in [5, 5.41) is 0.889. The van der Waals surface area contributed by atoms with Gasteiger partial charge in [0, 0.05) is 18.1 Å². The van der Waals surface area contributed by atoms with E-state index in [1.54, 1.807) is 0 Å². The van der Waals surface area contributed by atoms with Gasteiger partial charge in [0.05, 0.1) is 29.2 Å². The average Bonchev–Trinajstić information content (AvgIpc) is 2.56. The van der Waals surface area contributed by atoms with E-state index < -0.39 is 0 Å². The number of rotatable bonds is 2. The van der Waals surface area contributed by atoms with Crippen molar-refractivity contribution in [1.82, 2.24) is 4.57 Å². The Labute approximate surface area is 106 Å². The van der Waals surface area contributed by atoms with Crippen molar-refractivity contribution >= 4 is 26.8 Å². The van der Waals surface area contributed by atoms with Gasteiger partial charge < -0.3 is 15.0 Å². The van der Waals surface area contributed by atoms with E-state index in [2.05, 4.69) is 20.5 Å². The largest absolute Gasteiger partial charge is 0.377 e. The molecular formula is C12H12BrFN2O. The Kier molecular flexibility index (Phi) is 2.69. The second-order valence-electron chi connectivity index (χ2n) is 4.24. The van der Waals surface area contributed by atoms with Crippen molar-refractivity contribution in [2.75, 3.05) is 13.2 Å². The summed E-state index contributed by atoms with van der Waals surface area (Å²) in [6.07, 6.45) is 2.00. The summed E-state index contributed by atoms with van der Waals surface area (Å²) >= 11 is 3.22. The van der Waals surface area contributed by atoms with Gasteiger partial charge in [-0.3, -0.25) is 0 Å². The van der Waals surface area contributed by atoms with Crippen LogP contribution in [0.1, 0.15) is 11.6 Å². The van der Waals surface area contributed by atoms with Crippen LogP contribution in [-0.2, 0) is 11.3 Å². The molecule has 0 atom stereocenters. The second-order valence-corrected chi connectivity index (χ2v) is 5.09. The molecule has 0 bridgehead atoms. The summed E-state index contributed by atoms with van der Waals surface area (Å²) in [7, 11) is 0. The maximum absolute atomic E-state index is 13.5. The van der Waals surface area contributed by atoms with E-state index in [9.17, 15) is 4.39 Å². The Morgan fingerprint density at radius 2 is 2.24 bits per heavy atom. The maximum atomic E-state index is 13.5. The molecule has 0 unspecified atom stereocenters. The van der Waals surface area contributed by atoms with Gasteiger partial charge in [-0.15, -0.1) is 0 Å². The minimum absolute atomic E-state index is 0.255. The zero-order valence-electron chi connectivity index (χ0n) is 9.12. The lowest BCUT2D eigenvalue weighted by Gasteiger charge is -2.28. The predicted octanol–water partition coefficient (Wildman–Crippen LogP) is 2.57. The highest BCUT2D eigenvalue weighted by molar-refractivity contribution is 9.10. The van der Waals surface area contributed by atoms with Gasteiger partial charge in [-0.25, -0.2) is 4.39 Å². The zero-order valence-corrected chi connectivity index (χ0v) is 10.7. The van der Waals surface area contributed by atoms with E-state index in [1.165, 1.54) is 6.07 Å². The molecule has 3 nitrogen and oxygen atoms in total. The number of nitrogens with two attached hydrogens (primary N) is 1. The molecule has 3 rings (SSSR count). The van der Waals surface area contributed by atoms with Crippen LogP contribution in [0.3, 0.4) is 0 Å². The average molecular weight is 299 g/mol. The van der Waals surface area contributed by atoms with Crippen molar-refractivity contribution < 1.29 is 9.13 Å². The van der Waals surface area contributed by atoms with Crippen molar-refractivity contribution in [2.24, 2.45) is 5.73 Å². The van der Waals surface area contributed by atoms with Crippen molar-refractivity contribution in [3.05, 3.63) is 34.2 Å². The van der Waals surface area contributed by atoms with Crippen LogP contribution >= 0.6 is 15.9 Å². The minimum Gasteiger partial charge on any atom is -0.377 e. The van der Waals surface area contributed by atoms with Gasteiger partial charge in [-0.05, 0) is 33.6 Å². The van der Waals surface area contributed by atoms with Crippen molar-refractivity contribution in [3.8, 4) is 0 Å². The Hall–Kier alpha value is -0.910. The van der Waals surface area contributed by atoms with E-state index in [0.29, 0.717) is 30.3 Å². The molecule has 1 aromatic heterocycles. The zero-order chi connectivity index (χ0) is 12.0. The third-order valence-corrected chi connectivity index (χ3v) is 3.80. The maximum Gasteiger partial charge on any atom is 0.138 e. The Balaban J connectivity index is 2.25. The molecule has 0 radical (unpaired) electrons. The van der Waals surface area contributed by atoms with E-state index in [1.807, 2.05) is 12.3 Å². The van der Waals surface area contributed by atoms with Crippen LogP contribution in [0.2, 0.25) is 0 Å². The number of fused-ring (bicyclic) bond motifs is 1. The van der Waals surface area contributed by atoms with Crippen LogP contribution in [0.25, 0.3) is 10.9 Å². The van der Waals surface area contributed by atoms with Crippen LogP contribution in [0.4, 0.5) is 4.39 Å². The third kappa shape index (κ3) is 1.69. The molecular weight excluding hydrogens is 287 g/mol. The number of hydrogen-bond donors (Lipinski definition) is 1. The fraction of sp³-hybridized carbons (Fsp3) is 0.333. The molecule has 2 N–H and O–H groups in total. The predicted molar refractivity (Wildman–Crippen MR) is 67.3 cm³/mol. The van der Waals surface area contributed by atoms with E-state index in [-0.39, 0.29) is 5.82 Å². The van der Waals surface area contributed by atoms with E-state index in [4.69, 9.17) is 10.5 Å². The molecule has 0 spiro atoms. The third-order valence-electron chi connectivity index (χ3n) is 3.19. The first-order valence-corrected chi connectivity index (χ1v) is 6.26.